The third kappa shape index (κ3) is 2.63. The molecule has 106 valence electrons. The van der Waals surface area contributed by atoms with Crippen LogP contribution in [0.5, 0.6) is 0 Å². The minimum Gasteiger partial charge on any atom is -0.316 e. The van der Waals surface area contributed by atoms with Crippen LogP contribution in [0.4, 0.5) is 0 Å². The summed E-state index contributed by atoms with van der Waals surface area (Å²) < 4.78 is 2.13. The summed E-state index contributed by atoms with van der Waals surface area (Å²) in [5, 5.41) is 7.88. The Kier molecular flexibility index (Phi) is 3.88. The molecule has 0 saturated heterocycles. The SMILES string of the molecule is CNCc1cn(CC2CCCc3ccccc32)nc1C. The van der Waals surface area contributed by atoms with E-state index in [0.717, 1.165) is 18.8 Å². The monoisotopic (exact) mass is 269 g/mol. The van der Waals surface area contributed by atoms with Crippen molar-refractivity contribution in [2.45, 2.75) is 45.2 Å². The zero-order chi connectivity index (χ0) is 13.9. The Hall–Kier alpha value is -1.61. The van der Waals surface area contributed by atoms with Crippen molar-refractivity contribution in [1.82, 2.24) is 15.1 Å². The van der Waals surface area contributed by atoms with Gasteiger partial charge in [-0.1, -0.05) is 24.3 Å². The van der Waals surface area contributed by atoms with Gasteiger partial charge in [0.15, 0.2) is 0 Å². The third-order valence-corrected chi connectivity index (χ3v) is 4.32. The molecule has 1 unspecified atom stereocenters. The maximum Gasteiger partial charge on any atom is 0.0638 e. The highest BCUT2D eigenvalue weighted by atomic mass is 15.3. The lowest BCUT2D eigenvalue weighted by Crippen LogP contribution is -2.16. The summed E-state index contributed by atoms with van der Waals surface area (Å²) in [5.41, 5.74) is 5.50. The fraction of sp³-hybridized carbons (Fsp3) is 0.471. The zero-order valence-electron chi connectivity index (χ0n) is 12.4. The number of hydrogen-bond donors (Lipinski definition) is 1. The van der Waals surface area contributed by atoms with Crippen LogP contribution in [0.25, 0.3) is 0 Å². The van der Waals surface area contributed by atoms with Crippen LogP contribution < -0.4 is 5.32 Å². The predicted octanol–water partition coefficient (Wildman–Crippen LogP) is 3.03. The van der Waals surface area contributed by atoms with Gasteiger partial charge in [0.25, 0.3) is 0 Å². The van der Waals surface area contributed by atoms with Gasteiger partial charge in [0, 0.05) is 30.8 Å². The van der Waals surface area contributed by atoms with Crippen LogP contribution in [0, 0.1) is 6.92 Å². The van der Waals surface area contributed by atoms with Gasteiger partial charge < -0.3 is 5.32 Å². The van der Waals surface area contributed by atoms with E-state index in [-0.39, 0.29) is 0 Å². The van der Waals surface area contributed by atoms with Crippen LogP contribution in [0.1, 0.15) is 41.1 Å². The molecule has 3 nitrogen and oxygen atoms in total. The van der Waals surface area contributed by atoms with Crippen molar-refractivity contribution in [3.05, 3.63) is 52.8 Å². The summed E-state index contributed by atoms with van der Waals surface area (Å²) >= 11 is 0. The lowest BCUT2D eigenvalue weighted by molar-refractivity contribution is 0.456. The second kappa shape index (κ2) is 5.80. The van der Waals surface area contributed by atoms with Crippen molar-refractivity contribution in [3.8, 4) is 0 Å². The summed E-state index contributed by atoms with van der Waals surface area (Å²) in [7, 11) is 1.98. The standard InChI is InChI=1S/C17H23N3/c1-13-16(10-18-2)12-20(19-13)11-15-8-5-7-14-6-3-4-9-17(14)15/h3-4,6,9,12,15,18H,5,7-8,10-11H2,1-2H3. The van der Waals surface area contributed by atoms with Gasteiger partial charge >= 0.3 is 0 Å². The smallest absolute Gasteiger partial charge is 0.0638 e. The fourth-order valence-electron chi connectivity index (χ4n) is 3.29. The Balaban J connectivity index is 1.80. The maximum atomic E-state index is 4.67. The highest BCUT2D eigenvalue weighted by Crippen LogP contribution is 2.32. The third-order valence-electron chi connectivity index (χ3n) is 4.32. The lowest BCUT2D eigenvalue weighted by atomic mass is 9.83. The lowest BCUT2D eigenvalue weighted by Gasteiger charge is -2.25. The second-order valence-electron chi connectivity index (χ2n) is 5.78. The molecule has 0 amide bonds. The van der Waals surface area contributed by atoms with E-state index in [1.165, 1.54) is 36.0 Å². The van der Waals surface area contributed by atoms with E-state index in [0.29, 0.717) is 5.92 Å². The number of nitrogens with one attached hydrogen (secondary N) is 1. The van der Waals surface area contributed by atoms with E-state index < -0.39 is 0 Å². The topological polar surface area (TPSA) is 29.9 Å². The number of fused-ring (bicyclic) bond motifs is 1. The molecule has 1 aliphatic rings. The summed E-state index contributed by atoms with van der Waals surface area (Å²) in [5.74, 6) is 0.613. The molecule has 2 aromatic rings. The first-order chi connectivity index (χ1) is 9.78. The molecule has 1 aliphatic carbocycles. The first-order valence-corrected chi connectivity index (χ1v) is 7.53. The van der Waals surface area contributed by atoms with E-state index in [4.69, 9.17) is 0 Å². The van der Waals surface area contributed by atoms with E-state index in [9.17, 15) is 0 Å². The molecule has 0 fully saturated rings. The van der Waals surface area contributed by atoms with Gasteiger partial charge in [0.05, 0.1) is 5.69 Å². The van der Waals surface area contributed by atoms with Crippen LogP contribution in [0.2, 0.25) is 0 Å². The van der Waals surface area contributed by atoms with Crippen LogP contribution in [-0.4, -0.2) is 16.8 Å². The Labute approximate surface area is 121 Å². The molecule has 1 atom stereocenters. The number of nitrogens with zero attached hydrogens (tertiary/aromatic N) is 2. The molecule has 1 aromatic heterocycles. The van der Waals surface area contributed by atoms with Crippen LogP contribution in [0.3, 0.4) is 0 Å². The molecular weight excluding hydrogens is 246 g/mol. The van der Waals surface area contributed by atoms with Crippen molar-refractivity contribution < 1.29 is 0 Å². The normalized spacial score (nSPS) is 18.0. The number of rotatable bonds is 4. The quantitative estimate of drug-likeness (QED) is 0.924. The van der Waals surface area contributed by atoms with Gasteiger partial charge in [-0.05, 0) is 44.4 Å². The number of benzene rings is 1. The van der Waals surface area contributed by atoms with Crippen LogP contribution >= 0.6 is 0 Å². The minimum atomic E-state index is 0.613. The molecule has 1 N–H and O–H groups in total. The van der Waals surface area contributed by atoms with Crippen molar-refractivity contribution in [2.75, 3.05) is 7.05 Å². The molecule has 0 radical (unpaired) electrons. The van der Waals surface area contributed by atoms with Crippen LogP contribution in [0.15, 0.2) is 30.5 Å². The number of aryl methyl sites for hydroxylation is 2. The zero-order valence-corrected chi connectivity index (χ0v) is 12.4. The Morgan fingerprint density at radius 1 is 1.35 bits per heavy atom. The molecule has 0 spiro atoms. The molecule has 0 saturated carbocycles. The Morgan fingerprint density at radius 2 is 2.20 bits per heavy atom. The average Bonchev–Trinajstić information content (AvgIpc) is 2.80. The van der Waals surface area contributed by atoms with Crippen molar-refractivity contribution in [3.63, 3.8) is 0 Å². The molecule has 1 aromatic carbocycles. The molecule has 0 aliphatic heterocycles. The van der Waals surface area contributed by atoms with Gasteiger partial charge in [-0.15, -0.1) is 0 Å². The number of aromatic nitrogens is 2. The molecule has 20 heavy (non-hydrogen) atoms. The van der Waals surface area contributed by atoms with Crippen molar-refractivity contribution in [2.24, 2.45) is 0 Å². The van der Waals surface area contributed by atoms with Gasteiger partial charge in [-0.2, -0.15) is 5.10 Å². The first-order valence-electron chi connectivity index (χ1n) is 7.53. The minimum absolute atomic E-state index is 0.613. The molecule has 3 rings (SSSR count). The van der Waals surface area contributed by atoms with E-state index in [1.807, 2.05) is 7.05 Å². The summed E-state index contributed by atoms with van der Waals surface area (Å²) in [6.07, 6.45) is 6.00. The molecule has 3 heteroatoms. The van der Waals surface area contributed by atoms with E-state index in [2.05, 4.69) is 52.5 Å². The fourth-order valence-corrected chi connectivity index (χ4v) is 3.29. The van der Waals surface area contributed by atoms with Gasteiger partial charge in [0.2, 0.25) is 0 Å². The summed E-state index contributed by atoms with van der Waals surface area (Å²) in [4.78, 5) is 0. The average molecular weight is 269 g/mol. The highest BCUT2D eigenvalue weighted by molar-refractivity contribution is 5.32. The van der Waals surface area contributed by atoms with E-state index in [1.54, 1.807) is 0 Å². The summed E-state index contributed by atoms with van der Waals surface area (Å²) in [6, 6.07) is 8.90. The first kappa shape index (κ1) is 13.4. The highest BCUT2D eigenvalue weighted by Gasteiger charge is 2.20. The molecule has 0 bridgehead atoms. The van der Waals surface area contributed by atoms with Crippen molar-refractivity contribution >= 4 is 0 Å². The van der Waals surface area contributed by atoms with Gasteiger partial charge in [0.1, 0.15) is 0 Å². The largest absolute Gasteiger partial charge is 0.316 e. The molecular formula is C17H23N3. The molecule has 1 heterocycles. The van der Waals surface area contributed by atoms with E-state index >= 15 is 0 Å². The van der Waals surface area contributed by atoms with Crippen molar-refractivity contribution in [1.29, 1.82) is 0 Å². The van der Waals surface area contributed by atoms with Crippen LogP contribution in [-0.2, 0) is 19.5 Å². The van der Waals surface area contributed by atoms with Gasteiger partial charge in [-0.25, -0.2) is 0 Å². The van der Waals surface area contributed by atoms with Gasteiger partial charge in [-0.3, -0.25) is 4.68 Å². The second-order valence-corrected chi connectivity index (χ2v) is 5.78. The predicted molar refractivity (Wildman–Crippen MR) is 81.8 cm³/mol. The Bertz CT molecular complexity index is 586. The summed E-state index contributed by atoms with van der Waals surface area (Å²) in [6.45, 7) is 3.99. The Morgan fingerprint density at radius 3 is 3.05 bits per heavy atom. The maximum absolute atomic E-state index is 4.67. The number of hydrogen-bond acceptors (Lipinski definition) is 2.